The maximum atomic E-state index is 12.5. The highest BCUT2D eigenvalue weighted by Gasteiger charge is 2.25. The summed E-state index contributed by atoms with van der Waals surface area (Å²) in [5, 5.41) is 3.65. The van der Waals surface area contributed by atoms with Gasteiger partial charge in [-0.15, -0.1) is 0 Å². The van der Waals surface area contributed by atoms with E-state index >= 15 is 0 Å². The topological polar surface area (TPSA) is 68.6 Å². The van der Waals surface area contributed by atoms with Crippen LogP contribution in [0.15, 0.2) is 18.2 Å². The van der Waals surface area contributed by atoms with Crippen molar-refractivity contribution in [3.05, 3.63) is 29.0 Å². The van der Waals surface area contributed by atoms with Crippen LogP contribution >= 0.6 is 11.6 Å². The van der Waals surface area contributed by atoms with Crippen LogP contribution in [0.4, 0.5) is 4.79 Å². The third kappa shape index (κ3) is 4.26. The van der Waals surface area contributed by atoms with Crippen LogP contribution in [0.25, 0.3) is 11.0 Å². The Morgan fingerprint density at radius 3 is 2.89 bits per heavy atom. The number of halogens is 1. The number of ether oxygens (including phenoxy) is 2. The number of imidazole rings is 1. The van der Waals surface area contributed by atoms with Gasteiger partial charge >= 0.3 is 6.03 Å². The number of para-hydroxylation sites is 1. The lowest BCUT2D eigenvalue weighted by Gasteiger charge is -2.32. The van der Waals surface area contributed by atoms with Crippen molar-refractivity contribution < 1.29 is 14.3 Å². The highest BCUT2D eigenvalue weighted by molar-refractivity contribution is 6.35. The predicted molar refractivity (Wildman–Crippen MR) is 107 cm³/mol. The van der Waals surface area contributed by atoms with Crippen molar-refractivity contribution in [1.29, 1.82) is 0 Å². The third-order valence-corrected chi connectivity index (χ3v) is 5.96. The Labute approximate surface area is 169 Å². The lowest BCUT2D eigenvalue weighted by atomic mass is 10.1. The molecule has 0 radical (unpaired) electrons. The van der Waals surface area contributed by atoms with Gasteiger partial charge in [-0.25, -0.2) is 9.78 Å². The lowest BCUT2D eigenvalue weighted by molar-refractivity contribution is -0.00432. The van der Waals surface area contributed by atoms with Crippen molar-refractivity contribution in [3.63, 3.8) is 0 Å². The minimum Gasteiger partial charge on any atom is -0.381 e. The molecule has 28 heavy (non-hydrogen) atoms. The maximum Gasteiger partial charge on any atom is 0.317 e. The van der Waals surface area contributed by atoms with E-state index in [1.54, 1.807) is 0 Å². The van der Waals surface area contributed by atoms with Crippen molar-refractivity contribution in [2.75, 3.05) is 32.9 Å². The fraction of sp³-hybridized carbons (Fsp3) is 0.600. The molecule has 1 unspecified atom stereocenters. The van der Waals surface area contributed by atoms with Crippen molar-refractivity contribution in [3.8, 4) is 0 Å². The Morgan fingerprint density at radius 2 is 2.18 bits per heavy atom. The molecule has 0 saturated carbocycles. The van der Waals surface area contributed by atoms with E-state index in [1.807, 2.05) is 34.7 Å². The van der Waals surface area contributed by atoms with E-state index < -0.39 is 0 Å². The molecule has 4 rings (SSSR count). The summed E-state index contributed by atoms with van der Waals surface area (Å²) in [5.74, 6) is 1.32. The monoisotopic (exact) mass is 406 g/mol. The van der Waals surface area contributed by atoms with Gasteiger partial charge < -0.3 is 24.3 Å². The quantitative estimate of drug-likeness (QED) is 0.828. The van der Waals surface area contributed by atoms with Crippen molar-refractivity contribution in [2.24, 2.45) is 13.0 Å². The molecule has 3 heterocycles. The van der Waals surface area contributed by atoms with Gasteiger partial charge in [0, 0.05) is 32.7 Å². The molecule has 2 saturated heterocycles. The Bertz CT molecular complexity index is 826. The van der Waals surface area contributed by atoms with Crippen molar-refractivity contribution in [1.82, 2.24) is 19.8 Å². The summed E-state index contributed by atoms with van der Waals surface area (Å²) in [6.07, 6.45) is 3.09. The molecule has 2 aromatic rings. The van der Waals surface area contributed by atoms with Gasteiger partial charge in [0.05, 0.1) is 41.9 Å². The minimum atomic E-state index is -0.0548. The molecular weight excluding hydrogens is 380 g/mol. The molecule has 0 spiro atoms. The Morgan fingerprint density at radius 1 is 1.36 bits per heavy atom. The molecule has 2 fully saturated rings. The van der Waals surface area contributed by atoms with E-state index in [0.29, 0.717) is 30.6 Å². The van der Waals surface area contributed by atoms with Gasteiger partial charge in [-0.2, -0.15) is 0 Å². The number of nitrogens with one attached hydrogen (secondary N) is 1. The lowest BCUT2D eigenvalue weighted by Crippen LogP contribution is -2.46. The third-order valence-electron chi connectivity index (χ3n) is 5.66. The molecule has 2 amide bonds. The average molecular weight is 407 g/mol. The molecule has 152 valence electrons. The molecule has 2 aliphatic heterocycles. The summed E-state index contributed by atoms with van der Waals surface area (Å²) >= 11 is 6.27. The first-order valence-corrected chi connectivity index (χ1v) is 10.3. The SMILES string of the molecule is Cn1c(CNC(=O)N2CCC(OCC3CCOC3)CC2)nc2cccc(Cl)c21. The van der Waals surface area contributed by atoms with E-state index in [0.717, 1.165) is 55.9 Å². The molecule has 1 atom stereocenters. The smallest absolute Gasteiger partial charge is 0.317 e. The van der Waals surface area contributed by atoms with Gasteiger partial charge in [0.25, 0.3) is 0 Å². The Kier molecular flexibility index (Phi) is 6.04. The minimum absolute atomic E-state index is 0.0548. The molecule has 0 aliphatic carbocycles. The van der Waals surface area contributed by atoms with E-state index in [9.17, 15) is 4.79 Å². The Hall–Kier alpha value is -1.83. The van der Waals surface area contributed by atoms with Crippen LogP contribution in [-0.2, 0) is 23.1 Å². The van der Waals surface area contributed by atoms with Gasteiger partial charge in [-0.3, -0.25) is 0 Å². The van der Waals surface area contributed by atoms with Crippen LogP contribution in [0.1, 0.15) is 25.1 Å². The molecule has 2 aliphatic rings. The Balaban J connectivity index is 1.25. The van der Waals surface area contributed by atoms with Gasteiger partial charge in [0.15, 0.2) is 0 Å². The highest BCUT2D eigenvalue weighted by Crippen LogP contribution is 2.23. The molecule has 1 N–H and O–H groups in total. The zero-order valence-corrected chi connectivity index (χ0v) is 17.0. The van der Waals surface area contributed by atoms with Gasteiger partial charge in [0.2, 0.25) is 0 Å². The normalized spacial score (nSPS) is 20.8. The van der Waals surface area contributed by atoms with Gasteiger partial charge in [-0.05, 0) is 31.4 Å². The number of benzene rings is 1. The van der Waals surface area contributed by atoms with E-state index in [-0.39, 0.29) is 12.1 Å². The summed E-state index contributed by atoms with van der Waals surface area (Å²) in [5.41, 5.74) is 1.73. The standard InChI is InChI=1S/C20H27ClN4O3/c1-24-18(23-17-4-2-3-16(21)19(17)24)11-22-20(26)25-8-5-15(6-9-25)28-13-14-7-10-27-12-14/h2-4,14-15H,5-13H2,1H3,(H,22,26). The first-order chi connectivity index (χ1) is 13.6. The zero-order chi connectivity index (χ0) is 19.5. The summed E-state index contributed by atoms with van der Waals surface area (Å²) in [6, 6.07) is 5.60. The second kappa shape index (κ2) is 8.68. The summed E-state index contributed by atoms with van der Waals surface area (Å²) in [6.45, 7) is 4.24. The number of carbonyl (C=O) groups is 1. The van der Waals surface area contributed by atoms with Crippen LogP contribution in [0, 0.1) is 5.92 Å². The number of amides is 2. The first-order valence-electron chi connectivity index (χ1n) is 9.93. The van der Waals surface area contributed by atoms with Crippen molar-refractivity contribution in [2.45, 2.75) is 31.9 Å². The van der Waals surface area contributed by atoms with Crippen LogP contribution < -0.4 is 5.32 Å². The van der Waals surface area contributed by atoms with E-state index in [1.165, 1.54) is 0 Å². The van der Waals surface area contributed by atoms with Gasteiger partial charge in [0.1, 0.15) is 5.82 Å². The number of carbonyl (C=O) groups excluding carboxylic acids is 1. The number of likely N-dealkylation sites (tertiary alicyclic amines) is 1. The molecule has 0 bridgehead atoms. The van der Waals surface area contributed by atoms with Crippen LogP contribution in [0.3, 0.4) is 0 Å². The van der Waals surface area contributed by atoms with Crippen LogP contribution in [-0.4, -0.2) is 59.5 Å². The number of aryl methyl sites for hydroxylation is 1. The number of hydrogen-bond donors (Lipinski definition) is 1. The number of nitrogens with zero attached hydrogens (tertiary/aromatic N) is 3. The molecule has 8 heteroatoms. The average Bonchev–Trinajstić information content (AvgIpc) is 3.33. The molecular formula is C20H27ClN4O3. The largest absolute Gasteiger partial charge is 0.381 e. The zero-order valence-electron chi connectivity index (χ0n) is 16.2. The number of fused-ring (bicyclic) bond motifs is 1. The summed E-state index contributed by atoms with van der Waals surface area (Å²) in [7, 11) is 1.92. The van der Waals surface area contributed by atoms with Crippen LogP contribution in [0.5, 0.6) is 0 Å². The summed E-state index contributed by atoms with van der Waals surface area (Å²) < 4.78 is 13.3. The van der Waals surface area contributed by atoms with Gasteiger partial charge in [-0.1, -0.05) is 17.7 Å². The number of aromatic nitrogens is 2. The fourth-order valence-corrected chi connectivity index (χ4v) is 4.20. The fourth-order valence-electron chi connectivity index (χ4n) is 3.91. The number of piperidine rings is 1. The van der Waals surface area contributed by atoms with E-state index in [4.69, 9.17) is 21.1 Å². The summed E-state index contributed by atoms with van der Waals surface area (Å²) in [4.78, 5) is 19.0. The molecule has 1 aromatic carbocycles. The number of hydrogen-bond acceptors (Lipinski definition) is 4. The van der Waals surface area contributed by atoms with E-state index in [2.05, 4.69) is 10.3 Å². The first kappa shape index (κ1) is 19.5. The highest BCUT2D eigenvalue weighted by atomic mass is 35.5. The van der Waals surface area contributed by atoms with Crippen molar-refractivity contribution >= 4 is 28.7 Å². The second-order valence-electron chi connectivity index (χ2n) is 7.60. The van der Waals surface area contributed by atoms with Crippen LogP contribution in [0.2, 0.25) is 5.02 Å². The predicted octanol–water partition coefficient (Wildman–Crippen LogP) is 2.95. The molecule has 1 aromatic heterocycles. The molecule has 7 nitrogen and oxygen atoms in total. The number of urea groups is 1. The number of rotatable bonds is 5. The second-order valence-corrected chi connectivity index (χ2v) is 8.01. The maximum absolute atomic E-state index is 12.5.